The van der Waals surface area contributed by atoms with Crippen molar-refractivity contribution < 1.29 is 4.39 Å². The van der Waals surface area contributed by atoms with E-state index in [1.807, 2.05) is 12.1 Å². The maximum Gasteiger partial charge on any atom is 0.225 e. The maximum absolute atomic E-state index is 13.3. The van der Waals surface area contributed by atoms with Crippen LogP contribution < -0.4 is 10.2 Å². The normalized spacial score (nSPS) is 15.9. The zero-order valence-electron chi connectivity index (χ0n) is 11.2. The van der Waals surface area contributed by atoms with Crippen LogP contribution in [0.3, 0.4) is 0 Å². The van der Waals surface area contributed by atoms with E-state index in [4.69, 9.17) is 0 Å². The SMILES string of the molecule is Fc1cccc(-c2ccnc(N3CCCNCC3)n2)c1. The van der Waals surface area contributed by atoms with Crippen molar-refractivity contribution in [3.8, 4) is 11.3 Å². The molecule has 0 radical (unpaired) electrons. The molecule has 0 aliphatic carbocycles. The van der Waals surface area contributed by atoms with Gasteiger partial charge in [0, 0.05) is 31.4 Å². The van der Waals surface area contributed by atoms with Gasteiger partial charge in [-0.1, -0.05) is 12.1 Å². The lowest BCUT2D eigenvalue weighted by Crippen LogP contribution is -2.29. The fourth-order valence-electron chi connectivity index (χ4n) is 2.36. The van der Waals surface area contributed by atoms with Gasteiger partial charge in [-0.25, -0.2) is 14.4 Å². The Kier molecular flexibility index (Phi) is 3.87. The Morgan fingerprint density at radius 3 is 3.00 bits per heavy atom. The van der Waals surface area contributed by atoms with Crippen molar-refractivity contribution >= 4 is 5.95 Å². The van der Waals surface area contributed by atoms with Crippen molar-refractivity contribution in [2.45, 2.75) is 6.42 Å². The highest BCUT2D eigenvalue weighted by atomic mass is 19.1. The number of hydrogen-bond donors (Lipinski definition) is 1. The molecule has 0 amide bonds. The molecule has 1 aromatic heterocycles. The summed E-state index contributed by atoms with van der Waals surface area (Å²) in [6.07, 6.45) is 2.81. The Hall–Kier alpha value is -2.01. The molecule has 2 heterocycles. The molecule has 0 unspecified atom stereocenters. The van der Waals surface area contributed by atoms with Crippen molar-refractivity contribution in [2.75, 3.05) is 31.1 Å². The van der Waals surface area contributed by atoms with Crippen LogP contribution in [0.1, 0.15) is 6.42 Å². The van der Waals surface area contributed by atoms with Crippen molar-refractivity contribution in [1.29, 1.82) is 0 Å². The molecule has 0 bridgehead atoms. The third-order valence-electron chi connectivity index (χ3n) is 3.39. The quantitative estimate of drug-likeness (QED) is 0.909. The summed E-state index contributed by atoms with van der Waals surface area (Å²) >= 11 is 0. The average molecular weight is 272 g/mol. The molecular formula is C15H17FN4. The smallest absolute Gasteiger partial charge is 0.225 e. The van der Waals surface area contributed by atoms with E-state index in [1.165, 1.54) is 12.1 Å². The Labute approximate surface area is 117 Å². The number of hydrogen-bond acceptors (Lipinski definition) is 4. The van der Waals surface area contributed by atoms with Crippen molar-refractivity contribution in [1.82, 2.24) is 15.3 Å². The topological polar surface area (TPSA) is 41.1 Å². The van der Waals surface area contributed by atoms with E-state index in [1.54, 1.807) is 12.3 Å². The summed E-state index contributed by atoms with van der Waals surface area (Å²) < 4.78 is 13.3. The van der Waals surface area contributed by atoms with Gasteiger partial charge in [-0.15, -0.1) is 0 Å². The monoisotopic (exact) mass is 272 g/mol. The third-order valence-corrected chi connectivity index (χ3v) is 3.39. The minimum atomic E-state index is -0.248. The summed E-state index contributed by atoms with van der Waals surface area (Å²) in [5, 5.41) is 3.35. The highest BCUT2D eigenvalue weighted by Crippen LogP contribution is 2.20. The number of nitrogens with zero attached hydrogens (tertiary/aromatic N) is 3. The van der Waals surface area contributed by atoms with Gasteiger partial charge in [-0.2, -0.15) is 0 Å². The van der Waals surface area contributed by atoms with E-state index in [9.17, 15) is 4.39 Å². The maximum atomic E-state index is 13.3. The van der Waals surface area contributed by atoms with E-state index in [2.05, 4.69) is 20.2 Å². The minimum absolute atomic E-state index is 0.248. The molecule has 2 aromatic rings. The molecule has 5 heteroatoms. The average Bonchev–Trinajstić information content (AvgIpc) is 2.76. The molecule has 1 aliphatic heterocycles. The van der Waals surface area contributed by atoms with Gasteiger partial charge >= 0.3 is 0 Å². The van der Waals surface area contributed by atoms with Gasteiger partial charge in [0.2, 0.25) is 5.95 Å². The van der Waals surface area contributed by atoms with E-state index in [0.717, 1.165) is 49.8 Å². The van der Waals surface area contributed by atoms with Gasteiger partial charge in [0.1, 0.15) is 5.82 Å². The predicted molar refractivity (Wildman–Crippen MR) is 77.1 cm³/mol. The molecule has 1 N–H and O–H groups in total. The summed E-state index contributed by atoms with van der Waals surface area (Å²) in [5.74, 6) is 0.470. The van der Waals surface area contributed by atoms with Gasteiger partial charge in [0.25, 0.3) is 0 Å². The summed E-state index contributed by atoms with van der Waals surface area (Å²) in [5.41, 5.74) is 1.54. The number of benzene rings is 1. The van der Waals surface area contributed by atoms with Crippen LogP contribution in [0.4, 0.5) is 10.3 Å². The zero-order valence-corrected chi connectivity index (χ0v) is 11.2. The molecule has 3 rings (SSSR count). The van der Waals surface area contributed by atoms with E-state index < -0.39 is 0 Å². The zero-order chi connectivity index (χ0) is 13.8. The predicted octanol–water partition coefficient (Wildman–Crippen LogP) is 2.08. The molecule has 4 nitrogen and oxygen atoms in total. The largest absolute Gasteiger partial charge is 0.339 e. The van der Waals surface area contributed by atoms with E-state index in [-0.39, 0.29) is 5.82 Å². The standard InChI is InChI=1S/C15H17FN4/c16-13-4-1-3-12(11-13)14-5-7-18-15(19-14)20-9-2-6-17-8-10-20/h1,3-5,7,11,17H,2,6,8-10H2. The first-order valence-electron chi connectivity index (χ1n) is 6.87. The van der Waals surface area contributed by atoms with Crippen LogP contribution in [-0.2, 0) is 0 Å². The van der Waals surface area contributed by atoms with Gasteiger partial charge in [0.05, 0.1) is 5.69 Å². The molecule has 1 saturated heterocycles. The molecule has 0 spiro atoms. The number of anilines is 1. The summed E-state index contributed by atoms with van der Waals surface area (Å²) in [7, 11) is 0. The van der Waals surface area contributed by atoms with Crippen LogP contribution in [0.15, 0.2) is 36.5 Å². The highest BCUT2D eigenvalue weighted by molar-refractivity contribution is 5.60. The third kappa shape index (κ3) is 2.93. The molecule has 1 aromatic carbocycles. The van der Waals surface area contributed by atoms with Crippen LogP contribution in [0.5, 0.6) is 0 Å². The number of aromatic nitrogens is 2. The lowest BCUT2D eigenvalue weighted by atomic mass is 10.1. The summed E-state index contributed by atoms with van der Waals surface area (Å²) in [4.78, 5) is 11.1. The molecule has 104 valence electrons. The Balaban J connectivity index is 1.89. The van der Waals surface area contributed by atoms with Crippen molar-refractivity contribution in [3.63, 3.8) is 0 Å². The van der Waals surface area contributed by atoms with Gasteiger partial charge in [-0.05, 0) is 31.2 Å². The Bertz CT molecular complexity index is 580. The molecular weight excluding hydrogens is 255 g/mol. The fourth-order valence-corrected chi connectivity index (χ4v) is 2.36. The first kappa shape index (κ1) is 13.0. The lowest BCUT2D eigenvalue weighted by molar-refractivity contribution is 0.628. The molecule has 20 heavy (non-hydrogen) atoms. The summed E-state index contributed by atoms with van der Waals surface area (Å²) in [6, 6.07) is 8.30. The van der Waals surface area contributed by atoms with Gasteiger partial charge in [0.15, 0.2) is 0 Å². The first-order chi connectivity index (χ1) is 9.83. The molecule has 1 aliphatic rings. The Morgan fingerprint density at radius 1 is 1.15 bits per heavy atom. The van der Waals surface area contributed by atoms with Gasteiger partial charge < -0.3 is 10.2 Å². The van der Waals surface area contributed by atoms with Crippen LogP contribution >= 0.6 is 0 Å². The number of rotatable bonds is 2. The van der Waals surface area contributed by atoms with Crippen LogP contribution in [0.25, 0.3) is 11.3 Å². The van der Waals surface area contributed by atoms with E-state index in [0.29, 0.717) is 0 Å². The van der Waals surface area contributed by atoms with Crippen molar-refractivity contribution in [2.24, 2.45) is 0 Å². The summed E-state index contributed by atoms with van der Waals surface area (Å²) in [6.45, 7) is 3.81. The molecule has 0 saturated carbocycles. The second kappa shape index (κ2) is 5.96. The van der Waals surface area contributed by atoms with E-state index >= 15 is 0 Å². The highest BCUT2D eigenvalue weighted by Gasteiger charge is 2.12. The van der Waals surface area contributed by atoms with Crippen LogP contribution in [0, 0.1) is 5.82 Å². The fraction of sp³-hybridized carbons (Fsp3) is 0.333. The molecule has 1 fully saturated rings. The second-order valence-corrected chi connectivity index (χ2v) is 4.84. The number of halogens is 1. The van der Waals surface area contributed by atoms with Gasteiger partial charge in [-0.3, -0.25) is 0 Å². The second-order valence-electron chi connectivity index (χ2n) is 4.84. The van der Waals surface area contributed by atoms with Crippen molar-refractivity contribution in [3.05, 3.63) is 42.3 Å². The number of nitrogens with one attached hydrogen (secondary N) is 1. The Morgan fingerprint density at radius 2 is 2.10 bits per heavy atom. The van der Waals surface area contributed by atoms with Crippen LogP contribution in [-0.4, -0.2) is 36.1 Å². The first-order valence-corrected chi connectivity index (χ1v) is 6.87. The minimum Gasteiger partial charge on any atom is -0.339 e. The van der Waals surface area contributed by atoms with Crippen LogP contribution in [0.2, 0.25) is 0 Å². The molecule has 0 atom stereocenters. The lowest BCUT2D eigenvalue weighted by Gasteiger charge is -2.20.